The van der Waals surface area contributed by atoms with Gasteiger partial charge in [-0.25, -0.2) is 0 Å². The molecule has 0 N–H and O–H groups in total. The van der Waals surface area contributed by atoms with Crippen LogP contribution < -0.4 is 5.19 Å². The minimum absolute atomic E-state index is 0.0492. The lowest BCUT2D eigenvalue weighted by Crippen LogP contribution is -2.46. The molecular formula is C13H18OSi. The molecular weight excluding hydrogens is 200 g/mol. The summed E-state index contributed by atoms with van der Waals surface area (Å²) in [4.78, 5) is 0. The highest BCUT2D eigenvalue weighted by Crippen LogP contribution is 2.10. The summed E-state index contributed by atoms with van der Waals surface area (Å²) >= 11 is 0. The number of hydrogen-bond donors (Lipinski definition) is 0. The zero-order valence-electron chi connectivity index (χ0n) is 9.44. The van der Waals surface area contributed by atoms with Crippen molar-refractivity contribution in [3.05, 3.63) is 55.6 Å². The first-order valence-electron chi connectivity index (χ1n) is 5.08. The maximum absolute atomic E-state index is 6.03. The third-order valence-corrected chi connectivity index (χ3v) is 4.95. The van der Waals surface area contributed by atoms with E-state index in [1.54, 1.807) is 12.2 Å². The van der Waals surface area contributed by atoms with Gasteiger partial charge >= 0.3 is 0 Å². The van der Waals surface area contributed by atoms with Gasteiger partial charge in [-0.3, -0.25) is 0 Å². The van der Waals surface area contributed by atoms with Crippen LogP contribution >= 0.6 is 0 Å². The fraction of sp³-hybridized carbons (Fsp3) is 0.231. The van der Waals surface area contributed by atoms with Crippen LogP contribution in [0, 0.1) is 0 Å². The smallest absolute Gasteiger partial charge is 0.219 e. The van der Waals surface area contributed by atoms with E-state index in [0.29, 0.717) is 0 Å². The molecule has 0 aliphatic rings. The fourth-order valence-electron chi connectivity index (χ4n) is 1.44. The van der Waals surface area contributed by atoms with Gasteiger partial charge in [0.1, 0.15) is 0 Å². The second-order valence-electron chi connectivity index (χ2n) is 3.93. The summed E-state index contributed by atoms with van der Waals surface area (Å²) in [5.41, 5.74) is 0. The molecule has 1 rings (SSSR count). The van der Waals surface area contributed by atoms with Gasteiger partial charge in [-0.2, -0.15) is 0 Å². The molecule has 0 heterocycles. The zero-order valence-corrected chi connectivity index (χ0v) is 10.4. The molecule has 1 nitrogen and oxygen atoms in total. The molecule has 0 amide bonds. The third kappa shape index (κ3) is 3.18. The Morgan fingerprint density at radius 1 is 1.13 bits per heavy atom. The van der Waals surface area contributed by atoms with E-state index in [4.69, 9.17) is 4.43 Å². The van der Waals surface area contributed by atoms with E-state index < -0.39 is 8.32 Å². The Morgan fingerprint density at radius 2 is 1.67 bits per heavy atom. The summed E-state index contributed by atoms with van der Waals surface area (Å²) in [5, 5.41) is 1.29. The number of hydrogen-bond acceptors (Lipinski definition) is 1. The van der Waals surface area contributed by atoms with E-state index in [0.717, 1.165) is 0 Å². The van der Waals surface area contributed by atoms with Gasteiger partial charge in [0.25, 0.3) is 0 Å². The fourth-order valence-corrected chi connectivity index (χ4v) is 3.44. The molecule has 1 aromatic carbocycles. The van der Waals surface area contributed by atoms with Crippen LogP contribution in [0.3, 0.4) is 0 Å². The van der Waals surface area contributed by atoms with Crippen LogP contribution in [0.2, 0.25) is 13.1 Å². The van der Waals surface area contributed by atoms with Crippen molar-refractivity contribution in [2.75, 3.05) is 0 Å². The van der Waals surface area contributed by atoms with E-state index in [-0.39, 0.29) is 6.10 Å². The zero-order chi connectivity index (χ0) is 11.3. The van der Waals surface area contributed by atoms with Crippen LogP contribution in [0.1, 0.15) is 0 Å². The van der Waals surface area contributed by atoms with Crippen LogP contribution in [-0.4, -0.2) is 14.4 Å². The molecule has 0 spiro atoms. The van der Waals surface area contributed by atoms with Gasteiger partial charge in [-0.15, -0.1) is 13.2 Å². The quantitative estimate of drug-likeness (QED) is 0.545. The van der Waals surface area contributed by atoms with Crippen molar-refractivity contribution in [1.29, 1.82) is 0 Å². The Labute approximate surface area is 93.2 Å². The minimum Gasteiger partial charge on any atom is -0.403 e. The van der Waals surface area contributed by atoms with Crippen LogP contribution in [-0.2, 0) is 4.43 Å². The molecule has 0 atom stereocenters. The molecule has 0 aliphatic heterocycles. The Morgan fingerprint density at radius 3 is 2.13 bits per heavy atom. The summed E-state index contributed by atoms with van der Waals surface area (Å²) in [6.45, 7) is 11.8. The van der Waals surface area contributed by atoms with Crippen LogP contribution in [0.5, 0.6) is 0 Å². The van der Waals surface area contributed by atoms with Crippen LogP contribution in [0.4, 0.5) is 0 Å². The molecule has 0 aromatic heterocycles. The van der Waals surface area contributed by atoms with Crippen molar-refractivity contribution in [2.45, 2.75) is 19.2 Å². The molecule has 2 heteroatoms. The molecule has 0 unspecified atom stereocenters. The normalized spacial score (nSPS) is 11.4. The van der Waals surface area contributed by atoms with E-state index in [1.807, 2.05) is 18.2 Å². The lowest BCUT2D eigenvalue weighted by Gasteiger charge is -2.26. The van der Waals surface area contributed by atoms with Crippen molar-refractivity contribution < 1.29 is 4.43 Å². The van der Waals surface area contributed by atoms with Gasteiger partial charge in [-0.1, -0.05) is 42.5 Å². The van der Waals surface area contributed by atoms with Crippen molar-refractivity contribution in [3.8, 4) is 0 Å². The van der Waals surface area contributed by atoms with Gasteiger partial charge in [0.05, 0.1) is 6.10 Å². The summed E-state index contributed by atoms with van der Waals surface area (Å²) in [6.07, 6.45) is 3.52. The average molecular weight is 218 g/mol. The van der Waals surface area contributed by atoms with Crippen molar-refractivity contribution in [3.63, 3.8) is 0 Å². The highest BCUT2D eigenvalue weighted by molar-refractivity contribution is 6.84. The average Bonchev–Trinajstić information content (AvgIpc) is 2.27. The van der Waals surface area contributed by atoms with E-state index in [1.165, 1.54) is 5.19 Å². The largest absolute Gasteiger partial charge is 0.403 e. The lowest BCUT2D eigenvalue weighted by molar-refractivity contribution is 0.294. The summed E-state index contributed by atoms with van der Waals surface area (Å²) < 4.78 is 6.03. The van der Waals surface area contributed by atoms with Gasteiger partial charge in [0.2, 0.25) is 8.32 Å². The molecule has 0 saturated carbocycles. The molecule has 0 saturated heterocycles. The van der Waals surface area contributed by atoms with Crippen LogP contribution in [0.15, 0.2) is 55.6 Å². The predicted molar refractivity (Wildman–Crippen MR) is 68.8 cm³/mol. The van der Waals surface area contributed by atoms with Crippen molar-refractivity contribution in [1.82, 2.24) is 0 Å². The Balaban J connectivity index is 2.83. The SMILES string of the molecule is C=CC(C=C)O[Si](C)(C)c1ccccc1. The number of rotatable bonds is 5. The standard InChI is InChI=1S/C13H18OSi/c1-5-12(6-2)14-15(3,4)13-10-8-7-9-11-13/h5-12H,1-2H2,3-4H3. The molecule has 0 bridgehead atoms. The monoisotopic (exact) mass is 218 g/mol. The van der Waals surface area contributed by atoms with Crippen molar-refractivity contribution in [2.24, 2.45) is 0 Å². The second kappa shape index (κ2) is 5.10. The molecule has 1 aromatic rings. The van der Waals surface area contributed by atoms with E-state index >= 15 is 0 Å². The Kier molecular flexibility index (Phi) is 4.06. The Hall–Kier alpha value is -1.12. The van der Waals surface area contributed by atoms with Gasteiger partial charge < -0.3 is 4.43 Å². The topological polar surface area (TPSA) is 9.23 Å². The summed E-state index contributed by atoms with van der Waals surface area (Å²) in [7, 11) is -1.83. The molecule has 15 heavy (non-hydrogen) atoms. The minimum atomic E-state index is -1.83. The first kappa shape index (κ1) is 11.9. The van der Waals surface area contributed by atoms with Gasteiger partial charge in [-0.05, 0) is 18.3 Å². The second-order valence-corrected chi connectivity index (χ2v) is 7.76. The Bertz CT molecular complexity index is 322. The predicted octanol–water partition coefficient (Wildman–Crippen LogP) is 2.86. The first-order chi connectivity index (χ1) is 7.10. The maximum Gasteiger partial charge on any atom is 0.219 e. The van der Waals surface area contributed by atoms with Crippen LogP contribution in [0.25, 0.3) is 0 Å². The van der Waals surface area contributed by atoms with Gasteiger partial charge in [0, 0.05) is 0 Å². The first-order valence-corrected chi connectivity index (χ1v) is 7.99. The van der Waals surface area contributed by atoms with Gasteiger partial charge in [0.15, 0.2) is 0 Å². The molecule has 0 radical (unpaired) electrons. The van der Waals surface area contributed by atoms with Crippen molar-refractivity contribution >= 4 is 13.5 Å². The highest BCUT2D eigenvalue weighted by atomic mass is 28.4. The molecule has 0 fully saturated rings. The highest BCUT2D eigenvalue weighted by Gasteiger charge is 2.26. The van der Waals surface area contributed by atoms with E-state index in [2.05, 4.69) is 38.4 Å². The molecule has 0 aliphatic carbocycles. The molecule has 80 valence electrons. The van der Waals surface area contributed by atoms with E-state index in [9.17, 15) is 0 Å². The summed E-state index contributed by atoms with van der Waals surface area (Å²) in [5.74, 6) is 0. The number of benzene rings is 1. The maximum atomic E-state index is 6.03. The summed E-state index contributed by atoms with van der Waals surface area (Å²) in [6, 6.07) is 10.4. The lowest BCUT2D eigenvalue weighted by atomic mass is 10.4. The third-order valence-electron chi connectivity index (χ3n) is 2.36.